The van der Waals surface area contributed by atoms with Crippen LogP contribution in [-0.2, 0) is 33.5 Å². The number of aliphatic hydroxyl groups excluding tert-OH is 1. The minimum atomic E-state index is -1.17. The Kier molecular flexibility index (Phi) is 11.9. The van der Waals surface area contributed by atoms with Crippen LogP contribution in [0.1, 0.15) is 76.6 Å². The number of nitrogens with zero attached hydrogens (tertiary/aromatic N) is 1. The number of hydrogen-bond donors (Lipinski definition) is 3. The SMILES string of the molecule is CC(C)(C)OC(=O)N[C@@H](Cc1cc(F)cc(F)c1)[C@H](O)CNC1(c2cccc(C(C)(C)C)c2)CCN(C(=O)OCc2ccccc2)CC1. The van der Waals surface area contributed by atoms with E-state index >= 15 is 0 Å². The molecule has 10 heteroatoms. The number of amides is 2. The van der Waals surface area contributed by atoms with Crippen LogP contribution in [0.4, 0.5) is 18.4 Å². The lowest BCUT2D eigenvalue weighted by Crippen LogP contribution is -2.56. The van der Waals surface area contributed by atoms with E-state index in [1.54, 1.807) is 25.7 Å². The van der Waals surface area contributed by atoms with Crippen molar-refractivity contribution < 1.29 is 33.0 Å². The number of hydrogen-bond acceptors (Lipinski definition) is 6. The van der Waals surface area contributed by atoms with Crippen LogP contribution in [0.3, 0.4) is 0 Å². The van der Waals surface area contributed by atoms with Gasteiger partial charge in [-0.15, -0.1) is 0 Å². The summed E-state index contributed by atoms with van der Waals surface area (Å²) in [5, 5.41) is 17.8. The molecular weight excluding hydrogens is 616 g/mol. The van der Waals surface area contributed by atoms with Crippen molar-refractivity contribution in [2.24, 2.45) is 0 Å². The summed E-state index contributed by atoms with van der Waals surface area (Å²) in [6.07, 6.45) is -1.27. The zero-order valence-electron chi connectivity index (χ0n) is 28.8. The Balaban J connectivity index is 1.54. The summed E-state index contributed by atoms with van der Waals surface area (Å²) in [5.74, 6) is -1.50. The van der Waals surface area contributed by atoms with Gasteiger partial charge in [-0.05, 0) is 79.8 Å². The molecule has 0 spiro atoms. The van der Waals surface area contributed by atoms with E-state index in [9.17, 15) is 23.5 Å². The van der Waals surface area contributed by atoms with E-state index in [-0.39, 0.29) is 36.6 Å². The number of carbonyl (C=O) groups excluding carboxylic acids is 2. The van der Waals surface area contributed by atoms with Crippen LogP contribution < -0.4 is 10.6 Å². The second kappa shape index (κ2) is 15.5. The maximum absolute atomic E-state index is 14.1. The van der Waals surface area contributed by atoms with Gasteiger partial charge in [0.2, 0.25) is 0 Å². The summed E-state index contributed by atoms with van der Waals surface area (Å²) < 4.78 is 39.2. The van der Waals surface area contributed by atoms with Gasteiger partial charge in [-0.25, -0.2) is 18.4 Å². The summed E-state index contributed by atoms with van der Waals surface area (Å²) in [5.41, 5.74) is 1.82. The summed E-state index contributed by atoms with van der Waals surface area (Å²) in [6, 6.07) is 20.0. The van der Waals surface area contributed by atoms with Crippen molar-refractivity contribution in [3.8, 4) is 0 Å². The van der Waals surface area contributed by atoms with Crippen molar-refractivity contribution in [2.45, 2.75) is 96.1 Å². The lowest BCUT2D eigenvalue weighted by atomic mass is 9.77. The van der Waals surface area contributed by atoms with E-state index in [2.05, 4.69) is 43.5 Å². The van der Waals surface area contributed by atoms with Crippen LogP contribution in [0, 0.1) is 11.6 Å². The number of alkyl carbamates (subject to hydrolysis) is 1. The molecule has 1 aliphatic heterocycles. The number of nitrogens with one attached hydrogen (secondary N) is 2. The number of carbonyl (C=O) groups is 2. The monoisotopic (exact) mass is 665 g/mol. The minimum Gasteiger partial charge on any atom is -0.445 e. The van der Waals surface area contributed by atoms with Gasteiger partial charge in [-0.3, -0.25) is 0 Å². The molecule has 3 aromatic rings. The van der Waals surface area contributed by atoms with Crippen molar-refractivity contribution >= 4 is 12.2 Å². The maximum Gasteiger partial charge on any atom is 0.410 e. The molecule has 3 N–H and O–H groups in total. The van der Waals surface area contributed by atoms with E-state index < -0.39 is 41.0 Å². The first-order valence-corrected chi connectivity index (χ1v) is 16.5. The summed E-state index contributed by atoms with van der Waals surface area (Å²) in [6.45, 7) is 12.6. The zero-order chi connectivity index (χ0) is 35.1. The number of benzene rings is 3. The molecule has 260 valence electrons. The Morgan fingerprint density at radius 2 is 1.54 bits per heavy atom. The molecule has 3 aromatic carbocycles. The highest BCUT2D eigenvalue weighted by atomic mass is 19.1. The molecule has 0 aliphatic carbocycles. The van der Waals surface area contributed by atoms with E-state index in [1.807, 2.05) is 42.5 Å². The second-order valence-corrected chi connectivity index (χ2v) is 14.6. The second-order valence-electron chi connectivity index (χ2n) is 14.6. The zero-order valence-corrected chi connectivity index (χ0v) is 28.8. The highest BCUT2D eigenvalue weighted by Crippen LogP contribution is 2.36. The van der Waals surface area contributed by atoms with Gasteiger partial charge in [0.05, 0.1) is 12.1 Å². The fourth-order valence-corrected chi connectivity index (χ4v) is 5.90. The molecule has 0 radical (unpaired) electrons. The summed E-state index contributed by atoms with van der Waals surface area (Å²) >= 11 is 0. The Labute approximate surface area is 282 Å². The van der Waals surface area contributed by atoms with Gasteiger partial charge in [-0.2, -0.15) is 0 Å². The van der Waals surface area contributed by atoms with Gasteiger partial charge in [0.25, 0.3) is 0 Å². The van der Waals surface area contributed by atoms with Crippen LogP contribution in [0.25, 0.3) is 0 Å². The molecule has 1 heterocycles. The molecular formula is C38H49F2N3O5. The molecule has 1 fully saturated rings. The maximum atomic E-state index is 14.1. The fraction of sp³-hybridized carbons (Fsp3) is 0.474. The van der Waals surface area contributed by atoms with Crippen LogP contribution in [0.15, 0.2) is 72.8 Å². The largest absolute Gasteiger partial charge is 0.445 e. The van der Waals surface area contributed by atoms with Crippen molar-refractivity contribution in [3.05, 3.63) is 107 Å². The van der Waals surface area contributed by atoms with Crippen LogP contribution >= 0.6 is 0 Å². The summed E-state index contributed by atoms with van der Waals surface area (Å²) in [7, 11) is 0. The highest BCUT2D eigenvalue weighted by molar-refractivity contribution is 5.68. The first kappa shape index (κ1) is 36.8. The number of likely N-dealkylation sites (tertiary alicyclic amines) is 1. The number of aliphatic hydroxyl groups is 1. The summed E-state index contributed by atoms with van der Waals surface area (Å²) in [4.78, 5) is 27.5. The van der Waals surface area contributed by atoms with Crippen LogP contribution in [0.2, 0.25) is 0 Å². The quantitative estimate of drug-likeness (QED) is 0.216. The van der Waals surface area contributed by atoms with E-state index in [0.29, 0.717) is 25.9 Å². The minimum absolute atomic E-state index is 0.0374. The average Bonchev–Trinajstić information content (AvgIpc) is 3.01. The third-order valence-electron chi connectivity index (χ3n) is 8.56. The lowest BCUT2D eigenvalue weighted by Gasteiger charge is -2.44. The van der Waals surface area contributed by atoms with Gasteiger partial charge in [0.1, 0.15) is 23.8 Å². The number of ether oxygens (including phenoxy) is 2. The third-order valence-corrected chi connectivity index (χ3v) is 8.56. The van der Waals surface area contributed by atoms with Gasteiger partial charge in [-0.1, -0.05) is 75.4 Å². The van der Waals surface area contributed by atoms with Crippen molar-refractivity contribution in [1.29, 1.82) is 0 Å². The molecule has 1 saturated heterocycles. The molecule has 0 bridgehead atoms. The Hall–Kier alpha value is -4.02. The first-order valence-electron chi connectivity index (χ1n) is 16.5. The van der Waals surface area contributed by atoms with Gasteiger partial charge >= 0.3 is 12.2 Å². The molecule has 48 heavy (non-hydrogen) atoms. The smallest absolute Gasteiger partial charge is 0.410 e. The molecule has 8 nitrogen and oxygen atoms in total. The first-order chi connectivity index (χ1) is 22.5. The van der Waals surface area contributed by atoms with E-state index in [1.165, 1.54) is 12.1 Å². The van der Waals surface area contributed by atoms with Crippen LogP contribution in [0.5, 0.6) is 0 Å². The van der Waals surface area contributed by atoms with Crippen molar-refractivity contribution in [3.63, 3.8) is 0 Å². The Morgan fingerprint density at radius 1 is 0.896 bits per heavy atom. The Morgan fingerprint density at radius 3 is 2.15 bits per heavy atom. The number of rotatable bonds is 10. The molecule has 1 aliphatic rings. The van der Waals surface area contributed by atoms with Gasteiger partial charge < -0.3 is 30.1 Å². The predicted octanol–water partition coefficient (Wildman–Crippen LogP) is 6.98. The van der Waals surface area contributed by atoms with Crippen molar-refractivity contribution in [1.82, 2.24) is 15.5 Å². The number of piperidine rings is 1. The molecule has 0 saturated carbocycles. The average molecular weight is 666 g/mol. The molecule has 2 amide bonds. The predicted molar refractivity (Wildman–Crippen MR) is 181 cm³/mol. The highest BCUT2D eigenvalue weighted by Gasteiger charge is 2.39. The van der Waals surface area contributed by atoms with Gasteiger partial charge in [0, 0.05) is 31.2 Å². The van der Waals surface area contributed by atoms with Crippen molar-refractivity contribution in [2.75, 3.05) is 19.6 Å². The molecule has 2 atom stereocenters. The van der Waals surface area contributed by atoms with Crippen LogP contribution in [-0.4, -0.2) is 59.6 Å². The topological polar surface area (TPSA) is 100 Å². The third kappa shape index (κ3) is 10.5. The van der Waals surface area contributed by atoms with E-state index in [0.717, 1.165) is 22.8 Å². The standard InChI is InChI=1S/C38H49F2N3O5/c1-36(2,3)28-13-10-14-29(22-28)38(15-17-43(18-16-38)35(46)47-25-26-11-8-7-9-12-26)41-24-33(44)32(42-34(45)48-37(4,5)6)21-27-19-30(39)23-31(40)20-27/h7-14,19-20,22-23,32-33,41,44H,15-18,21,24-25H2,1-6H3,(H,42,45)/t32-,33+/m0/s1. The molecule has 4 rings (SSSR count). The normalized spacial score (nSPS) is 16.1. The molecule has 0 aromatic heterocycles. The fourth-order valence-electron chi connectivity index (χ4n) is 5.90. The van der Waals surface area contributed by atoms with Gasteiger partial charge in [0.15, 0.2) is 0 Å². The number of halogens is 2. The lowest BCUT2D eigenvalue weighted by molar-refractivity contribution is 0.0395. The Bertz CT molecular complexity index is 1510. The molecule has 0 unspecified atom stereocenters. The van der Waals surface area contributed by atoms with E-state index in [4.69, 9.17) is 9.47 Å².